The van der Waals surface area contributed by atoms with E-state index in [4.69, 9.17) is 19.0 Å². The number of hydrogen-bond donors (Lipinski definition) is 2. The lowest BCUT2D eigenvalue weighted by molar-refractivity contribution is 0.0686. The summed E-state index contributed by atoms with van der Waals surface area (Å²) < 4.78 is 18.5. The molecule has 0 atom stereocenters. The van der Waals surface area contributed by atoms with Crippen molar-refractivity contribution in [2.75, 3.05) is 26.4 Å². The van der Waals surface area contributed by atoms with E-state index in [2.05, 4.69) is 19.0 Å². The second-order valence-corrected chi connectivity index (χ2v) is 14.6. The molecule has 9 heteroatoms. The van der Waals surface area contributed by atoms with E-state index in [1.165, 1.54) is 114 Å². The summed E-state index contributed by atoms with van der Waals surface area (Å²) in [5.41, 5.74) is 1.90. The van der Waals surface area contributed by atoms with Gasteiger partial charge in [0.15, 0.2) is 0 Å². The van der Waals surface area contributed by atoms with Crippen molar-refractivity contribution in [1.82, 2.24) is 0 Å². The van der Waals surface area contributed by atoms with Crippen molar-refractivity contribution >= 4 is 17.7 Å². The highest BCUT2D eigenvalue weighted by Gasteiger charge is 2.13. The lowest BCUT2D eigenvalue weighted by Gasteiger charge is -2.13. The molecule has 56 heavy (non-hydrogen) atoms. The predicted octanol–water partition coefficient (Wildman–Crippen LogP) is 12.5. The van der Waals surface area contributed by atoms with E-state index in [0.717, 1.165) is 55.8 Å². The first kappa shape index (κ1) is 45.9. The summed E-state index contributed by atoms with van der Waals surface area (Å²) in [6, 6.07) is 18.6. The fraction of sp³-hybridized carbons (Fsp3) is 0.553. The van der Waals surface area contributed by atoms with Gasteiger partial charge in [0.1, 0.15) is 29.6 Å². The zero-order chi connectivity index (χ0) is 40.1. The summed E-state index contributed by atoms with van der Waals surface area (Å²) in [4.78, 5) is 28.6. The second-order valence-electron chi connectivity index (χ2n) is 14.6. The van der Waals surface area contributed by atoms with E-state index in [1.54, 1.807) is 24.3 Å². The molecule has 0 unspecified atom stereocenters. The van der Waals surface area contributed by atoms with Crippen LogP contribution < -0.4 is 14.2 Å². The third-order valence-corrected chi connectivity index (χ3v) is 9.73. The van der Waals surface area contributed by atoms with E-state index in [-0.39, 0.29) is 11.1 Å². The molecule has 3 rings (SSSR count). The largest absolute Gasteiger partial charge is 0.493 e. The maximum Gasteiger partial charge on any atom is 0.335 e. The van der Waals surface area contributed by atoms with Crippen LogP contribution in [-0.4, -0.2) is 54.3 Å². The molecule has 0 fully saturated rings. The summed E-state index contributed by atoms with van der Waals surface area (Å²) in [5, 5.41) is 23.1. The highest BCUT2D eigenvalue weighted by atomic mass is 16.6. The van der Waals surface area contributed by atoms with Gasteiger partial charge in [-0.1, -0.05) is 133 Å². The molecule has 0 aromatic heterocycles. The van der Waals surface area contributed by atoms with Crippen LogP contribution in [0, 0.1) is 0 Å². The summed E-state index contributed by atoms with van der Waals surface area (Å²) in [5.74, 6) is 0.273. The molecule has 9 nitrogen and oxygen atoms in total. The third-order valence-electron chi connectivity index (χ3n) is 9.73. The van der Waals surface area contributed by atoms with Crippen LogP contribution in [0.15, 0.2) is 71.9 Å². The van der Waals surface area contributed by atoms with Crippen molar-refractivity contribution in [3.05, 3.63) is 89.0 Å². The number of nitrogens with zero attached hydrogens (tertiary/aromatic N) is 1. The number of rotatable bonds is 33. The van der Waals surface area contributed by atoms with Crippen molar-refractivity contribution in [2.45, 2.75) is 142 Å². The maximum atomic E-state index is 11.6. The number of unbranched alkanes of at least 4 members (excludes halogenated alkanes) is 17. The number of carbonyl (C=O) groups is 2. The van der Waals surface area contributed by atoms with Crippen molar-refractivity contribution in [3.63, 3.8) is 0 Å². The first-order chi connectivity index (χ1) is 27.4. The number of aromatic carboxylic acids is 2. The van der Waals surface area contributed by atoms with Crippen molar-refractivity contribution in [1.29, 1.82) is 0 Å². The average molecular weight is 774 g/mol. The minimum atomic E-state index is -1.05. The van der Waals surface area contributed by atoms with Crippen LogP contribution in [0.4, 0.5) is 0 Å². The van der Waals surface area contributed by atoms with E-state index in [0.29, 0.717) is 43.3 Å². The van der Waals surface area contributed by atoms with Gasteiger partial charge < -0.3 is 29.3 Å². The number of oxime groups is 1. The first-order valence-electron chi connectivity index (χ1n) is 21.3. The Labute approximate surface area is 335 Å². The van der Waals surface area contributed by atoms with Gasteiger partial charge in [-0.05, 0) is 62.8 Å². The Bertz CT molecular complexity index is 1510. The van der Waals surface area contributed by atoms with Crippen LogP contribution in [0.1, 0.15) is 174 Å². The Morgan fingerprint density at radius 2 is 0.821 bits per heavy atom. The van der Waals surface area contributed by atoms with Crippen molar-refractivity contribution in [3.8, 4) is 17.2 Å². The molecule has 0 spiro atoms. The highest BCUT2D eigenvalue weighted by Crippen LogP contribution is 2.29. The van der Waals surface area contributed by atoms with Gasteiger partial charge in [-0.3, -0.25) is 0 Å². The Morgan fingerprint density at radius 3 is 1.25 bits per heavy atom. The number of hydrogen-bond acceptors (Lipinski definition) is 7. The van der Waals surface area contributed by atoms with Gasteiger partial charge in [-0.2, -0.15) is 0 Å². The highest BCUT2D eigenvalue weighted by molar-refractivity contribution is 6.13. The standard InChI is InChI=1S/C47H67NO8/c1-3-5-7-9-11-13-15-19-30-53-42-35-43(54-31-20-16-14-12-10-8-6-4-2)37-44(36-42)55-32-21-17-18-22-33-56-48-45(38-26-28-39(29-27-38)46(49)50)40-24-23-25-41(34-40)47(51)52/h23-29,34-37H,3-22,30-33H2,1-2H3,(H,49,50)(H,51,52)/b48-45-. The molecule has 0 saturated heterocycles. The van der Waals surface area contributed by atoms with Gasteiger partial charge in [0.25, 0.3) is 0 Å². The van der Waals surface area contributed by atoms with Crippen LogP contribution in [0.3, 0.4) is 0 Å². The molecule has 0 aliphatic rings. The minimum absolute atomic E-state index is 0.125. The van der Waals surface area contributed by atoms with Gasteiger partial charge in [-0.25, -0.2) is 9.59 Å². The zero-order valence-electron chi connectivity index (χ0n) is 34.1. The summed E-state index contributed by atoms with van der Waals surface area (Å²) in [6.45, 7) is 6.85. The second kappa shape index (κ2) is 28.8. The molecule has 0 amide bonds. The molecule has 0 bridgehead atoms. The van der Waals surface area contributed by atoms with E-state index in [1.807, 2.05) is 18.2 Å². The van der Waals surface area contributed by atoms with Crippen LogP contribution >= 0.6 is 0 Å². The van der Waals surface area contributed by atoms with Gasteiger partial charge in [-0.15, -0.1) is 0 Å². The van der Waals surface area contributed by atoms with Gasteiger partial charge in [0.2, 0.25) is 0 Å². The average Bonchev–Trinajstić information content (AvgIpc) is 3.20. The molecule has 0 aliphatic heterocycles. The number of benzene rings is 3. The fourth-order valence-electron chi connectivity index (χ4n) is 6.41. The van der Waals surface area contributed by atoms with Crippen LogP contribution in [0.2, 0.25) is 0 Å². The van der Waals surface area contributed by atoms with Gasteiger partial charge in [0, 0.05) is 29.3 Å². The molecule has 3 aromatic rings. The summed E-state index contributed by atoms with van der Waals surface area (Å²) in [6.07, 6.45) is 23.7. The van der Waals surface area contributed by atoms with E-state index < -0.39 is 11.9 Å². The monoisotopic (exact) mass is 773 g/mol. The van der Waals surface area contributed by atoms with E-state index in [9.17, 15) is 19.8 Å². The lowest BCUT2D eigenvalue weighted by atomic mass is 9.99. The smallest absolute Gasteiger partial charge is 0.335 e. The van der Waals surface area contributed by atoms with Crippen LogP contribution in [-0.2, 0) is 4.84 Å². The molecular formula is C47H67NO8. The summed E-state index contributed by atoms with van der Waals surface area (Å²) in [7, 11) is 0. The van der Waals surface area contributed by atoms with Crippen molar-refractivity contribution in [2.24, 2.45) is 5.16 Å². The summed E-state index contributed by atoms with van der Waals surface area (Å²) >= 11 is 0. The zero-order valence-corrected chi connectivity index (χ0v) is 34.1. The molecule has 0 radical (unpaired) electrons. The topological polar surface area (TPSA) is 124 Å². The Morgan fingerprint density at radius 1 is 0.446 bits per heavy atom. The Kier molecular flexibility index (Phi) is 23.6. The molecule has 308 valence electrons. The molecular weight excluding hydrogens is 707 g/mol. The Hall–Kier alpha value is -4.53. The normalized spacial score (nSPS) is 11.4. The molecule has 0 saturated carbocycles. The number of carboxylic acid groups (broad SMARTS) is 2. The van der Waals surface area contributed by atoms with E-state index >= 15 is 0 Å². The molecule has 3 aromatic carbocycles. The maximum absolute atomic E-state index is 11.6. The molecule has 0 aliphatic carbocycles. The quantitative estimate of drug-likeness (QED) is 0.0356. The van der Waals surface area contributed by atoms with Crippen molar-refractivity contribution < 1.29 is 38.9 Å². The number of carboxylic acids is 2. The molecule has 0 heterocycles. The SMILES string of the molecule is CCCCCCCCCCOc1cc(OCCCCCCCCCC)cc(OCCCCCCO/N=C(/c2ccc(C(=O)O)cc2)c2cccc(C(=O)O)c2)c1. The van der Waals surface area contributed by atoms with Crippen LogP contribution in [0.5, 0.6) is 17.2 Å². The third kappa shape index (κ3) is 19.4. The van der Waals surface area contributed by atoms with Gasteiger partial charge >= 0.3 is 11.9 Å². The fourth-order valence-corrected chi connectivity index (χ4v) is 6.41. The Balaban J connectivity index is 1.45. The van der Waals surface area contributed by atoms with Gasteiger partial charge in [0.05, 0.1) is 30.9 Å². The lowest BCUT2D eigenvalue weighted by Crippen LogP contribution is -2.08. The first-order valence-corrected chi connectivity index (χ1v) is 21.3. The number of ether oxygens (including phenoxy) is 3. The predicted molar refractivity (Wildman–Crippen MR) is 225 cm³/mol. The molecule has 2 N–H and O–H groups in total. The van der Waals surface area contributed by atoms with Crippen LogP contribution in [0.25, 0.3) is 0 Å². The minimum Gasteiger partial charge on any atom is -0.493 e.